The topological polar surface area (TPSA) is 64.1 Å². The number of aliphatic hydroxyl groups is 1. The lowest BCUT2D eigenvalue weighted by molar-refractivity contribution is -0.262. The molecule has 6 nitrogen and oxygen atoms in total. The smallest absolute Gasteiger partial charge is 0.371 e. The number of piperidine rings is 2. The van der Waals surface area contributed by atoms with Gasteiger partial charge in [-0.3, -0.25) is 9.59 Å². The number of nitrogens with zero attached hydrogens (tertiary/aromatic N) is 3. The lowest BCUT2D eigenvalue weighted by Crippen LogP contribution is -2.57. The molecule has 3 aliphatic rings. The van der Waals surface area contributed by atoms with Crippen LogP contribution in [0.4, 0.5) is 18.9 Å². The number of carbonyl (C=O) groups excluding carboxylic acids is 2. The van der Waals surface area contributed by atoms with E-state index in [2.05, 4.69) is 11.8 Å². The highest BCUT2D eigenvalue weighted by molar-refractivity contribution is 6.34. The fourth-order valence-corrected chi connectivity index (χ4v) is 7.17. The number of hydrogen-bond acceptors (Lipinski definition) is 4. The standard InChI is InChI=1S/C32H39ClF3N3O3/c1-2-22-10-15-39(21-22)29(40)27-9-8-26(20-28(27)33)37-16-11-23(12-17-37)24-13-18-38(19-14-24)30(41)31(42,32(34,35)36)25-6-4-3-5-7-25/h3-9,20,22-24,42H,2,10-19,21H2,1H3. The van der Waals surface area contributed by atoms with Gasteiger partial charge in [0.1, 0.15) is 0 Å². The van der Waals surface area contributed by atoms with Gasteiger partial charge in [-0.2, -0.15) is 13.2 Å². The predicted molar refractivity (Wildman–Crippen MR) is 156 cm³/mol. The summed E-state index contributed by atoms with van der Waals surface area (Å²) < 4.78 is 42.0. The van der Waals surface area contributed by atoms with E-state index in [1.807, 2.05) is 23.1 Å². The molecule has 0 bridgehead atoms. The van der Waals surface area contributed by atoms with E-state index >= 15 is 0 Å². The van der Waals surface area contributed by atoms with E-state index in [-0.39, 0.29) is 19.0 Å². The number of amides is 2. The second-order valence-electron chi connectivity index (χ2n) is 12.0. The van der Waals surface area contributed by atoms with Crippen LogP contribution in [-0.4, -0.2) is 72.2 Å². The maximum atomic E-state index is 14.0. The largest absolute Gasteiger partial charge is 0.430 e. The van der Waals surface area contributed by atoms with E-state index in [0.29, 0.717) is 41.2 Å². The third kappa shape index (κ3) is 6.00. The van der Waals surface area contributed by atoms with Gasteiger partial charge >= 0.3 is 6.18 Å². The molecule has 2 unspecified atom stereocenters. The summed E-state index contributed by atoms with van der Waals surface area (Å²) in [6.45, 7) is 5.72. The molecule has 3 aliphatic heterocycles. The number of halogens is 4. The zero-order valence-electron chi connectivity index (χ0n) is 24.0. The van der Waals surface area contributed by atoms with Gasteiger partial charge in [0.25, 0.3) is 17.4 Å². The average molecular weight is 606 g/mol. The Morgan fingerprint density at radius 3 is 2.02 bits per heavy atom. The third-order valence-corrected chi connectivity index (χ3v) is 9.96. The van der Waals surface area contributed by atoms with Crippen LogP contribution in [0.3, 0.4) is 0 Å². The summed E-state index contributed by atoms with van der Waals surface area (Å²) in [5.74, 6) is -0.0416. The minimum atomic E-state index is -5.13. The van der Waals surface area contributed by atoms with Crippen LogP contribution in [0.2, 0.25) is 5.02 Å². The van der Waals surface area contributed by atoms with Gasteiger partial charge in [-0.05, 0) is 68.1 Å². The fourth-order valence-electron chi connectivity index (χ4n) is 6.91. The Kier molecular flexibility index (Phi) is 9.09. The molecule has 5 rings (SSSR count). The molecule has 228 valence electrons. The zero-order valence-corrected chi connectivity index (χ0v) is 24.7. The highest BCUT2D eigenvalue weighted by atomic mass is 35.5. The molecule has 3 heterocycles. The van der Waals surface area contributed by atoms with Crippen LogP contribution in [0, 0.1) is 17.8 Å². The molecule has 0 radical (unpaired) electrons. The van der Waals surface area contributed by atoms with Crippen molar-refractivity contribution in [1.29, 1.82) is 0 Å². The number of anilines is 1. The van der Waals surface area contributed by atoms with Gasteiger partial charge in [0.2, 0.25) is 0 Å². The molecule has 2 aromatic rings. The molecule has 3 fully saturated rings. The summed E-state index contributed by atoms with van der Waals surface area (Å²) in [5.41, 5.74) is -2.50. The second kappa shape index (κ2) is 12.4. The normalized spacial score (nSPS) is 22.3. The van der Waals surface area contributed by atoms with E-state index in [1.165, 1.54) is 17.0 Å². The molecule has 0 aliphatic carbocycles. The first-order valence-electron chi connectivity index (χ1n) is 15.0. The number of rotatable bonds is 6. The van der Waals surface area contributed by atoms with Crippen LogP contribution >= 0.6 is 11.6 Å². The Morgan fingerprint density at radius 2 is 1.48 bits per heavy atom. The molecular formula is C32H39ClF3N3O3. The lowest BCUT2D eigenvalue weighted by atomic mass is 9.78. The molecular weight excluding hydrogens is 567 g/mol. The Morgan fingerprint density at radius 1 is 0.881 bits per heavy atom. The highest BCUT2D eigenvalue weighted by Crippen LogP contribution is 2.42. The molecule has 2 aromatic carbocycles. The molecule has 2 amide bonds. The van der Waals surface area contributed by atoms with Gasteiger partial charge in [0.15, 0.2) is 0 Å². The van der Waals surface area contributed by atoms with Crippen LogP contribution in [0.5, 0.6) is 0 Å². The number of alkyl halides is 3. The molecule has 0 aromatic heterocycles. The first-order chi connectivity index (χ1) is 20.0. The Balaban J connectivity index is 1.15. The summed E-state index contributed by atoms with van der Waals surface area (Å²) in [6.07, 6.45) is 0.0499. The molecule has 0 spiro atoms. The molecule has 3 saturated heterocycles. The Hall–Kier alpha value is -2.78. The van der Waals surface area contributed by atoms with Crippen LogP contribution in [0.25, 0.3) is 0 Å². The summed E-state index contributed by atoms with van der Waals surface area (Å²) in [4.78, 5) is 31.4. The van der Waals surface area contributed by atoms with Crippen molar-refractivity contribution in [1.82, 2.24) is 9.80 Å². The summed E-state index contributed by atoms with van der Waals surface area (Å²) in [6, 6.07) is 12.3. The van der Waals surface area contributed by atoms with Crippen molar-refractivity contribution in [3.63, 3.8) is 0 Å². The van der Waals surface area contributed by atoms with Gasteiger partial charge in [0.05, 0.1) is 10.6 Å². The molecule has 42 heavy (non-hydrogen) atoms. The van der Waals surface area contributed by atoms with E-state index in [4.69, 9.17) is 11.6 Å². The molecule has 1 N–H and O–H groups in total. The number of benzene rings is 2. The lowest BCUT2D eigenvalue weighted by Gasteiger charge is -2.42. The Bertz CT molecular complexity index is 1260. The van der Waals surface area contributed by atoms with Crippen molar-refractivity contribution in [2.24, 2.45) is 17.8 Å². The van der Waals surface area contributed by atoms with E-state index in [9.17, 15) is 27.9 Å². The van der Waals surface area contributed by atoms with Crippen molar-refractivity contribution in [2.75, 3.05) is 44.2 Å². The molecule has 2 atom stereocenters. The average Bonchev–Trinajstić information content (AvgIpc) is 3.49. The fraction of sp³-hybridized carbons (Fsp3) is 0.562. The van der Waals surface area contributed by atoms with Crippen molar-refractivity contribution in [3.05, 3.63) is 64.7 Å². The van der Waals surface area contributed by atoms with Gasteiger partial charge < -0.3 is 19.8 Å². The van der Waals surface area contributed by atoms with E-state index in [0.717, 1.165) is 69.7 Å². The van der Waals surface area contributed by atoms with Crippen molar-refractivity contribution < 1.29 is 27.9 Å². The third-order valence-electron chi connectivity index (χ3n) is 9.64. The van der Waals surface area contributed by atoms with E-state index < -0.39 is 23.2 Å². The van der Waals surface area contributed by atoms with Crippen LogP contribution in [0.1, 0.15) is 61.4 Å². The minimum Gasteiger partial charge on any atom is -0.371 e. The molecule has 0 saturated carbocycles. The van der Waals surface area contributed by atoms with Gasteiger partial charge in [-0.1, -0.05) is 55.3 Å². The maximum Gasteiger partial charge on any atom is 0.430 e. The monoisotopic (exact) mass is 605 g/mol. The first-order valence-corrected chi connectivity index (χ1v) is 15.4. The van der Waals surface area contributed by atoms with Crippen molar-refractivity contribution >= 4 is 29.1 Å². The summed E-state index contributed by atoms with van der Waals surface area (Å²) in [7, 11) is 0. The zero-order chi connectivity index (χ0) is 30.1. The van der Waals surface area contributed by atoms with E-state index in [1.54, 1.807) is 6.07 Å². The van der Waals surface area contributed by atoms with Crippen LogP contribution < -0.4 is 4.90 Å². The second-order valence-corrected chi connectivity index (χ2v) is 12.4. The number of hydrogen-bond donors (Lipinski definition) is 1. The van der Waals surface area contributed by atoms with Gasteiger partial charge in [0, 0.05) is 50.5 Å². The highest BCUT2D eigenvalue weighted by Gasteiger charge is 2.62. The minimum absolute atomic E-state index is 0.0107. The van der Waals surface area contributed by atoms with Gasteiger partial charge in [-0.15, -0.1) is 0 Å². The molecule has 10 heteroatoms. The number of likely N-dealkylation sites (tertiary alicyclic amines) is 2. The SMILES string of the molecule is CCC1CCN(C(=O)c2ccc(N3CCC(C4CCN(C(=O)C(O)(c5ccccc5)C(F)(F)F)CC4)CC3)cc2Cl)C1. The van der Waals surface area contributed by atoms with Crippen molar-refractivity contribution in [3.8, 4) is 0 Å². The van der Waals surface area contributed by atoms with Crippen LogP contribution in [-0.2, 0) is 10.4 Å². The maximum absolute atomic E-state index is 14.0. The van der Waals surface area contributed by atoms with Crippen molar-refractivity contribution in [2.45, 2.75) is 57.2 Å². The first kappa shape index (κ1) is 30.7. The van der Waals surface area contributed by atoms with Gasteiger partial charge in [-0.25, -0.2) is 0 Å². The van der Waals surface area contributed by atoms with Crippen LogP contribution in [0.15, 0.2) is 48.5 Å². The Labute approximate surface area is 250 Å². The summed E-state index contributed by atoms with van der Waals surface area (Å²) >= 11 is 6.59. The quantitative estimate of drug-likeness (QED) is 0.431. The number of carbonyl (C=O) groups is 2. The summed E-state index contributed by atoms with van der Waals surface area (Å²) in [5, 5.41) is 11.1. The predicted octanol–water partition coefficient (Wildman–Crippen LogP) is 6.12.